The molecule has 1 saturated heterocycles. The summed E-state index contributed by atoms with van der Waals surface area (Å²) >= 11 is 0. The number of aromatic nitrogens is 4. The molecule has 0 radical (unpaired) electrons. The number of aryl methyl sites for hydroxylation is 1. The number of piperidine rings is 1. The maximum atomic E-state index is 12.9. The lowest BCUT2D eigenvalue weighted by Crippen LogP contribution is -2.41. The van der Waals surface area contributed by atoms with Crippen molar-refractivity contribution >= 4 is 23.7 Å². The summed E-state index contributed by atoms with van der Waals surface area (Å²) < 4.78 is 12.2. The lowest BCUT2D eigenvalue weighted by Gasteiger charge is -2.34. The van der Waals surface area contributed by atoms with Gasteiger partial charge in [0, 0.05) is 18.3 Å². The Balaban J connectivity index is 1.28. The highest BCUT2D eigenvalue weighted by Gasteiger charge is 2.30. The van der Waals surface area contributed by atoms with E-state index in [4.69, 9.17) is 14.5 Å². The summed E-state index contributed by atoms with van der Waals surface area (Å²) in [5, 5.41) is 7.74. The minimum Gasteiger partial charge on any atom is -0.465 e. The summed E-state index contributed by atoms with van der Waals surface area (Å²) in [5.74, 6) is 0.0243. The van der Waals surface area contributed by atoms with Gasteiger partial charge in [-0.15, -0.1) is 0 Å². The molecule has 0 aliphatic carbocycles. The SMILES string of the molecule is COC(=O)c1ccc(-c2nc(Nc3cnn(C4CCCCN4C(=O)OCc4ccccc4)c3)ncc2C)cc1. The van der Waals surface area contributed by atoms with Crippen molar-refractivity contribution < 1.29 is 19.1 Å². The number of carbonyl (C=O) groups is 2. The van der Waals surface area contributed by atoms with Crippen molar-refractivity contribution in [3.05, 3.63) is 89.9 Å². The normalized spacial score (nSPS) is 15.0. The Morgan fingerprint density at radius 1 is 1.05 bits per heavy atom. The quantitative estimate of drug-likeness (QED) is 0.314. The zero-order chi connectivity index (χ0) is 27.2. The molecule has 2 aromatic carbocycles. The largest absolute Gasteiger partial charge is 0.465 e. The Hall–Kier alpha value is -4.73. The molecule has 10 heteroatoms. The van der Waals surface area contributed by atoms with Crippen molar-refractivity contribution in [2.24, 2.45) is 0 Å². The average Bonchev–Trinajstić information content (AvgIpc) is 3.45. The number of amides is 1. The van der Waals surface area contributed by atoms with Gasteiger partial charge in [-0.25, -0.2) is 24.2 Å². The van der Waals surface area contributed by atoms with Crippen LogP contribution in [0, 0.1) is 6.92 Å². The number of anilines is 2. The number of nitrogens with zero attached hydrogens (tertiary/aromatic N) is 5. The molecule has 3 heterocycles. The first-order valence-electron chi connectivity index (χ1n) is 12.8. The first-order valence-corrected chi connectivity index (χ1v) is 12.8. The van der Waals surface area contributed by atoms with Crippen LogP contribution in [0.1, 0.15) is 46.9 Å². The molecule has 1 aliphatic heterocycles. The first kappa shape index (κ1) is 25.9. The third-order valence-electron chi connectivity index (χ3n) is 6.62. The Morgan fingerprint density at radius 3 is 2.62 bits per heavy atom. The predicted octanol–water partition coefficient (Wildman–Crippen LogP) is 5.50. The van der Waals surface area contributed by atoms with Gasteiger partial charge in [-0.05, 0) is 49.4 Å². The second kappa shape index (κ2) is 11.8. The number of likely N-dealkylation sites (tertiary alicyclic amines) is 1. The van der Waals surface area contributed by atoms with Crippen LogP contribution in [0.3, 0.4) is 0 Å². The van der Waals surface area contributed by atoms with Gasteiger partial charge >= 0.3 is 12.1 Å². The third-order valence-corrected chi connectivity index (χ3v) is 6.62. The maximum Gasteiger partial charge on any atom is 0.411 e. The lowest BCUT2D eigenvalue weighted by molar-refractivity contribution is 0.0439. The number of carbonyl (C=O) groups excluding carboxylic acids is 2. The number of nitrogens with one attached hydrogen (secondary N) is 1. The van der Waals surface area contributed by atoms with Crippen LogP contribution in [0.4, 0.5) is 16.4 Å². The molecule has 5 rings (SSSR count). The zero-order valence-electron chi connectivity index (χ0n) is 21.9. The Morgan fingerprint density at radius 2 is 1.85 bits per heavy atom. The maximum absolute atomic E-state index is 12.9. The summed E-state index contributed by atoms with van der Waals surface area (Å²) in [6.07, 6.45) is 7.40. The highest BCUT2D eigenvalue weighted by atomic mass is 16.6. The van der Waals surface area contributed by atoms with E-state index in [0.717, 1.165) is 41.6 Å². The number of benzene rings is 2. The van der Waals surface area contributed by atoms with E-state index in [1.807, 2.05) is 55.6 Å². The summed E-state index contributed by atoms with van der Waals surface area (Å²) in [4.78, 5) is 35.5. The second-order valence-corrected chi connectivity index (χ2v) is 9.34. The van der Waals surface area contributed by atoms with Crippen LogP contribution < -0.4 is 5.32 Å². The molecule has 4 aromatic rings. The van der Waals surface area contributed by atoms with Gasteiger partial charge in [0.05, 0.1) is 36.4 Å². The third kappa shape index (κ3) is 6.06. The van der Waals surface area contributed by atoms with Crippen LogP contribution in [-0.4, -0.2) is 50.4 Å². The van der Waals surface area contributed by atoms with E-state index in [-0.39, 0.29) is 24.8 Å². The number of esters is 1. The van der Waals surface area contributed by atoms with Crippen molar-refractivity contribution in [3.8, 4) is 11.3 Å². The summed E-state index contributed by atoms with van der Waals surface area (Å²) in [7, 11) is 1.36. The molecule has 1 amide bonds. The van der Waals surface area contributed by atoms with Gasteiger partial charge in [-0.2, -0.15) is 5.10 Å². The van der Waals surface area contributed by atoms with Crippen molar-refractivity contribution in [1.82, 2.24) is 24.6 Å². The van der Waals surface area contributed by atoms with Crippen LogP contribution in [0.25, 0.3) is 11.3 Å². The van der Waals surface area contributed by atoms with E-state index in [1.54, 1.807) is 34.1 Å². The standard InChI is InChI=1S/C29H30N6O4/c1-20-16-30-28(33-26(20)22-11-13-23(14-12-22)27(36)38-2)32-24-17-31-35(18-24)25-10-6-7-15-34(25)29(37)39-19-21-8-4-3-5-9-21/h3-5,8-9,11-14,16-18,25H,6-7,10,15,19H2,1-2H3,(H,30,32,33). The predicted molar refractivity (Wildman–Crippen MR) is 145 cm³/mol. The van der Waals surface area contributed by atoms with Crippen LogP contribution in [0.5, 0.6) is 0 Å². The Labute approximate surface area is 226 Å². The number of rotatable bonds is 7. The van der Waals surface area contributed by atoms with Crippen molar-refractivity contribution in [3.63, 3.8) is 0 Å². The van der Waals surface area contributed by atoms with Crippen LogP contribution in [-0.2, 0) is 16.1 Å². The first-order chi connectivity index (χ1) is 19.0. The number of hydrogen-bond donors (Lipinski definition) is 1. The summed E-state index contributed by atoms with van der Waals surface area (Å²) in [6, 6.07) is 16.7. The number of methoxy groups -OCH3 is 1. The summed E-state index contributed by atoms with van der Waals surface area (Å²) in [6.45, 7) is 2.77. The lowest BCUT2D eigenvalue weighted by atomic mass is 10.1. The Bertz CT molecular complexity index is 1440. The number of hydrogen-bond acceptors (Lipinski definition) is 8. The van der Waals surface area contributed by atoms with Crippen molar-refractivity contribution in [2.75, 3.05) is 19.0 Å². The van der Waals surface area contributed by atoms with Gasteiger partial charge in [0.1, 0.15) is 12.8 Å². The molecule has 39 heavy (non-hydrogen) atoms. The van der Waals surface area contributed by atoms with Gasteiger partial charge in [-0.1, -0.05) is 42.5 Å². The molecule has 1 N–H and O–H groups in total. The fourth-order valence-electron chi connectivity index (χ4n) is 4.58. The average molecular weight is 527 g/mol. The van der Waals surface area contributed by atoms with Crippen LogP contribution in [0.2, 0.25) is 0 Å². The van der Waals surface area contributed by atoms with Crippen molar-refractivity contribution in [1.29, 1.82) is 0 Å². The molecule has 2 aromatic heterocycles. The highest BCUT2D eigenvalue weighted by molar-refractivity contribution is 5.90. The van der Waals surface area contributed by atoms with Gasteiger partial charge in [0.2, 0.25) is 5.95 Å². The van der Waals surface area contributed by atoms with E-state index in [9.17, 15) is 9.59 Å². The van der Waals surface area contributed by atoms with Crippen molar-refractivity contribution in [2.45, 2.75) is 39.0 Å². The van der Waals surface area contributed by atoms with E-state index >= 15 is 0 Å². The van der Waals surface area contributed by atoms with E-state index in [0.29, 0.717) is 23.7 Å². The van der Waals surface area contributed by atoms with Gasteiger partial charge in [0.15, 0.2) is 0 Å². The molecule has 10 nitrogen and oxygen atoms in total. The topological polar surface area (TPSA) is 111 Å². The fourth-order valence-corrected chi connectivity index (χ4v) is 4.58. The molecule has 1 aliphatic rings. The highest BCUT2D eigenvalue weighted by Crippen LogP contribution is 2.28. The Kier molecular flexibility index (Phi) is 7.81. The van der Waals surface area contributed by atoms with Crippen LogP contribution in [0.15, 0.2) is 73.2 Å². The monoisotopic (exact) mass is 526 g/mol. The molecule has 200 valence electrons. The van der Waals surface area contributed by atoms with E-state index in [2.05, 4.69) is 15.4 Å². The van der Waals surface area contributed by atoms with Gasteiger partial charge < -0.3 is 14.8 Å². The molecular formula is C29H30N6O4. The molecule has 1 unspecified atom stereocenters. The minimum atomic E-state index is -0.388. The molecule has 0 saturated carbocycles. The molecule has 1 atom stereocenters. The van der Waals surface area contributed by atoms with Gasteiger partial charge in [0.25, 0.3) is 0 Å². The fraction of sp³-hybridized carbons (Fsp3) is 0.276. The smallest absolute Gasteiger partial charge is 0.411 e. The van der Waals surface area contributed by atoms with Gasteiger partial charge in [-0.3, -0.25) is 4.90 Å². The zero-order valence-corrected chi connectivity index (χ0v) is 21.9. The van der Waals surface area contributed by atoms with E-state index < -0.39 is 0 Å². The molecule has 0 spiro atoms. The number of ether oxygens (including phenoxy) is 2. The second-order valence-electron chi connectivity index (χ2n) is 9.34. The van der Waals surface area contributed by atoms with Crippen LogP contribution >= 0.6 is 0 Å². The minimum absolute atomic E-state index is 0.229. The van der Waals surface area contributed by atoms with E-state index in [1.165, 1.54) is 7.11 Å². The molecule has 1 fully saturated rings. The summed E-state index contributed by atoms with van der Waals surface area (Å²) in [5.41, 5.74) is 4.62. The molecular weight excluding hydrogens is 496 g/mol. The molecule has 0 bridgehead atoms.